The SMILES string of the molecule is O=C(Nc1cccc(N2CCN(CC3CC3)CC2)c1)C1CCOC1. The van der Waals surface area contributed by atoms with Gasteiger partial charge in [-0.25, -0.2) is 0 Å². The third-order valence-electron chi connectivity index (χ3n) is 5.36. The van der Waals surface area contributed by atoms with Gasteiger partial charge in [0.15, 0.2) is 0 Å². The van der Waals surface area contributed by atoms with Crippen LogP contribution in [0, 0.1) is 11.8 Å². The Morgan fingerprint density at radius 2 is 2.00 bits per heavy atom. The molecule has 5 heteroatoms. The predicted molar refractivity (Wildman–Crippen MR) is 95.4 cm³/mol. The third-order valence-corrected chi connectivity index (χ3v) is 5.36. The minimum Gasteiger partial charge on any atom is -0.381 e. The normalized spacial score (nSPS) is 25.0. The Hall–Kier alpha value is -1.59. The molecule has 1 aromatic rings. The van der Waals surface area contributed by atoms with Crippen LogP contribution in [0.5, 0.6) is 0 Å². The van der Waals surface area contributed by atoms with Crippen LogP contribution < -0.4 is 10.2 Å². The second kappa shape index (κ2) is 7.11. The maximum absolute atomic E-state index is 12.2. The van der Waals surface area contributed by atoms with Crippen LogP contribution in [0.4, 0.5) is 11.4 Å². The maximum Gasteiger partial charge on any atom is 0.229 e. The number of carbonyl (C=O) groups excluding carboxylic acids is 1. The highest BCUT2D eigenvalue weighted by atomic mass is 16.5. The van der Waals surface area contributed by atoms with E-state index in [-0.39, 0.29) is 11.8 Å². The molecule has 130 valence electrons. The Labute approximate surface area is 144 Å². The topological polar surface area (TPSA) is 44.8 Å². The molecule has 3 aliphatic rings. The molecule has 0 bridgehead atoms. The van der Waals surface area contributed by atoms with Crippen LogP contribution in [0.1, 0.15) is 19.3 Å². The number of piperazine rings is 1. The minimum absolute atomic E-state index is 0.000347. The van der Waals surface area contributed by atoms with Gasteiger partial charge < -0.3 is 15.0 Å². The van der Waals surface area contributed by atoms with Crippen molar-refractivity contribution in [1.29, 1.82) is 0 Å². The fourth-order valence-corrected chi connectivity index (χ4v) is 3.62. The van der Waals surface area contributed by atoms with E-state index < -0.39 is 0 Å². The Morgan fingerprint density at radius 1 is 1.17 bits per heavy atom. The van der Waals surface area contributed by atoms with Crippen molar-refractivity contribution >= 4 is 17.3 Å². The first-order valence-corrected chi connectivity index (χ1v) is 9.24. The van der Waals surface area contributed by atoms with Crippen molar-refractivity contribution in [3.8, 4) is 0 Å². The molecule has 0 radical (unpaired) electrons. The smallest absolute Gasteiger partial charge is 0.229 e. The van der Waals surface area contributed by atoms with E-state index in [0.29, 0.717) is 13.2 Å². The summed E-state index contributed by atoms with van der Waals surface area (Å²) in [6, 6.07) is 8.25. The highest BCUT2D eigenvalue weighted by Gasteiger charge is 2.27. The van der Waals surface area contributed by atoms with Crippen LogP contribution in [0.25, 0.3) is 0 Å². The fourth-order valence-electron chi connectivity index (χ4n) is 3.62. The van der Waals surface area contributed by atoms with Crippen LogP contribution in [-0.4, -0.2) is 56.7 Å². The number of hydrogen-bond acceptors (Lipinski definition) is 4. The zero-order chi connectivity index (χ0) is 16.4. The largest absolute Gasteiger partial charge is 0.381 e. The van der Waals surface area contributed by atoms with Crippen LogP contribution in [0.3, 0.4) is 0 Å². The van der Waals surface area contributed by atoms with Gasteiger partial charge in [0, 0.05) is 50.7 Å². The molecule has 1 aromatic carbocycles. The number of amides is 1. The summed E-state index contributed by atoms with van der Waals surface area (Å²) in [5.74, 6) is 1.05. The van der Waals surface area contributed by atoms with Gasteiger partial charge in [-0.15, -0.1) is 0 Å². The van der Waals surface area contributed by atoms with E-state index in [1.54, 1.807) is 0 Å². The van der Waals surface area contributed by atoms with Crippen LogP contribution >= 0.6 is 0 Å². The first-order valence-electron chi connectivity index (χ1n) is 9.24. The first-order chi connectivity index (χ1) is 11.8. The van der Waals surface area contributed by atoms with Crippen molar-refractivity contribution in [3.05, 3.63) is 24.3 Å². The molecule has 2 aliphatic heterocycles. The van der Waals surface area contributed by atoms with Gasteiger partial charge in [-0.2, -0.15) is 0 Å². The van der Waals surface area contributed by atoms with Crippen LogP contribution in [0.2, 0.25) is 0 Å². The summed E-state index contributed by atoms with van der Waals surface area (Å²) in [6.07, 6.45) is 3.68. The van der Waals surface area contributed by atoms with Gasteiger partial charge in [-0.1, -0.05) is 6.07 Å². The molecule has 1 amide bonds. The lowest BCUT2D eigenvalue weighted by molar-refractivity contribution is -0.119. The average molecular weight is 329 g/mol. The Balaban J connectivity index is 1.33. The molecule has 24 heavy (non-hydrogen) atoms. The number of anilines is 2. The number of carbonyl (C=O) groups is 1. The van der Waals surface area contributed by atoms with Crippen molar-refractivity contribution in [1.82, 2.24) is 4.90 Å². The Bertz CT molecular complexity index is 574. The monoisotopic (exact) mass is 329 g/mol. The number of nitrogens with zero attached hydrogens (tertiary/aromatic N) is 2. The van der Waals surface area contributed by atoms with Gasteiger partial charge >= 0.3 is 0 Å². The van der Waals surface area contributed by atoms with Gasteiger partial charge in [-0.3, -0.25) is 9.69 Å². The highest BCUT2D eigenvalue weighted by Crippen LogP contribution is 2.30. The van der Waals surface area contributed by atoms with E-state index in [1.807, 2.05) is 12.1 Å². The molecule has 1 N–H and O–H groups in total. The lowest BCUT2D eigenvalue weighted by Crippen LogP contribution is -2.47. The van der Waals surface area contributed by atoms with E-state index in [4.69, 9.17) is 4.74 Å². The summed E-state index contributed by atoms with van der Waals surface area (Å²) >= 11 is 0. The first kappa shape index (κ1) is 15.9. The summed E-state index contributed by atoms with van der Waals surface area (Å²) in [5.41, 5.74) is 2.10. The Kier molecular flexibility index (Phi) is 4.72. The summed E-state index contributed by atoms with van der Waals surface area (Å²) in [5, 5.41) is 3.05. The molecular formula is C19H27N3O2. The van der Waals surface area contributed by atoms with Crippen molar-refractivity contribution < 1.29 is 9.53 Å². The molecule has 1 atom stereocenters. The number of nitrogens with one attached hydrogen (secondary N) is 1. The molecule has 3 fully saturated rings. The number of ether oxygens (including phenoxy) is 1. The quantitative estimate of drug-likeness (QED) is 0.899. The number of rotatable bonds is 5. The summed E-state index contributed by atoms with van der Waals surface area (Å²) in [4.78, 5) is 17.3. The van der Waals surface area contributed by atoms with Crippen molar-refractivity contribution in [2.24, 2.45) is 11.8 Å². The lowest BCUT2D eigenvalue weighted by Gasteiger charge is -2.36. The van der Waals surface area contributed by atoms with Gasteiger partial charge in [0.1, 0.15) is 0 Å². The van der Waals surface area contributed by atoms with E-state index in [2.05, 4.69) is 27.2 Å². The van der Waals surface area contributed by atoms with Crippen LogP contribution in [0.15, 0.2) is 24.3 Å². The minimum atomic E-state index is -0.000347. The molecule has 4 rings (SSSR count). The molecule has 0 spiro atoms. The van der Waals surface area contributed by atoms with Gasteiger partial charge in [0.25, 0.3) is 0 Å². The summed E-state index contributed by atoms with van der Waals surface area (Å²) in [6.45, 7) is 6.96. The predicted octanol–water partition coefficient (Wildman–Crippen LogP) is 2.19. The van der Waals surface area contributed by atoms with Crippen molar-refractivity contribution in [2.75, 3.05) is 56.2 Å². The molecule has 5 nitrogen and oxygen atoms in total. The molecule has 2 saturated heterocycles. The van der Waals surface area contributed by atoms with Gasteiger partial charge in [0.05, 0.1) is 12.5 Å². The van der Waals surface area contributed by atoms with E-state index >= 15 is 0 Å². The highest BCUT2D eigenvalue weighted by molar-refractivity contribution is 5.93. The standard InChI is InChI=1S/C19H27N3O2/c23-19(16-6-11-24-14-16)20-17-2-1-3-18(12-17)22-9-7-21(8-10-22)13-15-4-5-15/h1-3,12,15-16H,4-11,13-14H2,(H,20,23). The zero-order valence-electron chi connectivity index (χ0n) is 14.2. The van der Waals surface area contributed by atoms with Crippen molar-refractivity contribution in [3.63, 3.8) is 0 Å². The number of hydrogen-bond donors (Lipinski definition) is 1. The average Bonchev–Trinajstić information content (AvgIpc) is 3.24. The second-order valence-electron chi connectivity index (χ2n) is 7.33. The zero-order valence-corrected chi connectivity index (χ0v) is 14.2. The maximum atomic E-state index is 12.2. The molecule has 1 saturated carbocycles. The molecule has 2 heterocycles. The molecule has 1 aliphatic carbocycles. The van der Waals surface area contributed by atoms with Crippen molar-refractivity contribution in [2.45, 2.75) is 19.3 Å². The van der Waals surface area contributed by atoms with Gasteiger partial charge in [0.2, 0.25) is 5.91 Å². The van der Waals surface area contributed by atoms with Crippen LogP contribution in [-0.2, 0) is 9.53 Å². The lowest BCUT2D eigenvalue weighted by atomic mass is 10.1. The Morgan fingerprint density at radius 3 is 2.71 bits per heavy atom. The fraction of sp³-hybridized carbons (Fsp3) is 0.632. The third kappa shape index (κ3) is 3.90. The second-order valence-corrected chi connectivity index (χ2v) is 7.33. The number of benzene rings is 1. The van der Waals surface area contributed by atoms with E-state index in [9.17, 15) is 4.79 Å². The molecular weight excluding hydrogens is 302 g/mol. The van der Waals surface area contributed by atoms with E-state index in [1.165, 1.54) is 25.1 Å². The summed E-state index contributed by atoms with van der Waals surface area (Å²) < 4.78 is 5.30. The summed E-state index contributed by atoms with van der Waals surface area (Å²) in [7, 11) is 0. The van der Waals surface area contributed by atoms with Gasteiger partial charge in [-0.05, 0) is 43.4 Å². The molecule has 1 unspecified atom stereocenters. The molecule has 0 aromatic heterocycles. The van der Waals surface area contributed by atoms with E-state index in [0.717, 1.165) is 44.2 Å².